The number of likely N-dealkylation sites (tertiary alicyclic amines) is 1. The van der Waals surface area contributed by atoms with Gasteiger partial charge in [-0.2, -0.15) is 0 Å². The smallest absolute Gasteiger partial charge is 0.253 e. The van der Waals surface area contributed by atoms with Crippen LogP contribution in [-0.4, -0.2) is 38.4 Å². The Balaban J connectivity index is 1.59. The number of hydrogen-bond acceptors (Lipinski definition) is 3. The minimum Gasteiger partial charge on any atom is -0.338 e. The number of amides is 1. The fraction of sp³-hybridized carbons (Fsp3) is 0.409. The molecule has 27 heavy (non-hydrogen) atoms. The molecule has 1 fully saturated rings. The zero-order chi connectivity index (χ0) is 19.0. The van der Waals surface area contributed by atoms with Gasteiger partial charge in [-0.1, -0.05) is 6.07 Å². The molecular formula is C22H26N4O. The molecule has 1 aliphatic heterocycles. The Morgan fingerprint density at radius 3 is 2.93 bits per heavy atom. The number of benzene rings is 1. The molecule has 0 radical (unpaired) electrons. The summed E-state index contributed by atoms with van der Waals surface area (Å²) >= 11 is 0. The summed E-state index contributed by atoms with van der Waals surface area (Å²) in [6.45, 7) is 8.65. The van der Waals surface area contributed by atoms with Gasteiger partial charge in [-0.25, -0.2) is 4.98 Å². The van der Waals surface area contributed by atoms with E-state index in [2.05, 4.69) is 34.4 Å². The van der Waals surface area contributed by atoms with Crippen molar-refractivity contribution in [2.24, 2.45) is 0 Å². The summed E-state index contributed by atoms with van der Waals surface area (Å²) in [6, 6.07) is 7.98. The minimum atomic E-state index is 0.0946. The highest BCUT2D eigenvalue weighted by Crippen LogP contribution is 2.27. The number of imidazole rings is 1. The Morgan fingerprint density at radius 2 is 2.11 bits per heavy atom. The Kier molecular flexibility index (Phi) is 4.68. The van der Waals surface area contributed by atoms with E-state index >= 15 is 0 Å². The number of carbonyl (C=O) groups excluding carboxylic acids is 1. The summed E-state index contributed by atoms with van der Waals surface area (Å²) in [4.78, 5) is 24.3. The van der Waals surface area contributed by atoms with Crippen molar-refractivity contribution in [3.05, 3.63) is 59.3 Å². The molecule has 4 rings (SSSR count). The Labute approximate surface area is 160 Å². The number of aryl methyl sites for hydroxylation is 3. The molecule has 1 saturated heterocycles. The maximum absolute atomic E-state index is 13.2. The third-order valence-corrected chi connectivity index (χ3v) is 5.55. The monoisotopic (exact) mass is 362 g/mol. The molecule has 0 bridgehead atoms. The van der Waals surface area contributed by atoms with E-state index in [0.29, 0.717) is 5.92 Å². The van der Waals surface area contributed by atoms with E-state index < -0.39 is 0 Å². The van der Waals surface area contributed by atoms with Gasteiger partial charge in [0.25, 0.3) is 5.91 Å². The van der Waals surface area contributed by atoms with Gasteiger partial charge in [-0.3, -0.25) is 9.78 Å². The van der Waals surface area contributed by atoms with Crippen LogP contribution in [0.25, 0.3) is 10.9 Å². The minimum absolute atomic E-state index is 0.0946. The average Bonchev–Trinajstić information content (AvgIpc) is 3.15. The first-order valence-electron chi connectivity index (χ1n) is 9.75. The second-order valence-electron chi connectivity index (χ2n) is 7.47. The standard InChI is InChI=1S/C22H26N4O/c1-4-25-11-9-23-21(25)18-6-5-10-26(14-18)22(27)17-7-8-19-15(2)12-16(3)24-20(19)13-17/h7-9,11-13,18H,4-6,10,14H2,1-3H3/t18-/m0/s1. The van der Waals surface area contributed by atoms with Crippen molar-refractivity contribution in [3.8, 4) is 0 Å². The number of pyridine rings is 1. The quantitative estimate of drug-likeness (QED) is 0.705. The molecule has 3 aromatic rings. The van der Waals surface area contributed by atoms with Crippen molar-refractivity contribution in [1.29, 1.82) is 0 Å². The number of aromatic nitrogens is 3. The first kappa shape index (κ1) is 17.7. The van der Waals surface area contributed by atoms with Gasteiger partial charge in [0.05, 0.1) is 5.52 Å². The van der Waals surface area contributed by atoms with Gasteiger partial charge >= 0.3 is 0 Å². The van der Waals surface area contributed by atoms with Crippen molar-refractivity contribution in [3.63, 3.8) is 0 Å². The lowest BCUT2D eigenvalue weighted by Gasteiger charge is -2.32. The van der Waals surface area contributed by atoms with Gasteiger partial charge in [0, 0.05) is 54.6 Å². The van der Waals surface area contributed by atoms with Crippen LogP contribution in [0.1, 0.15) is 53.1 Å². The van der Waals surface area contributed by atoms with Crippen LogP contribution in [0.4, 0.5) is 0 Å². The molecule has 0 unspecified atom stereocenters. The molecule has 1 atom stereocenters. The predicted molar refractivity (Wildman–Crippen MR) is 107 cm³/mol. The first-order chi connectivity index (χ1) is 13.1. The molecule has 1 aromatic carbocycles. The van der Waals surface area contributed by atoms with Crippen LogP contribution < -0.4 is 0 Å². The number of rotatable bonds is 3. The van der Waals surface area contributed by atoms with Crippen molar-refractivity contribution in [1.82, 2.24) is 19.4 Å². The molecule has 0 N–H and O–H groups in total. The third kappa shape index (κ3) is 3.34. The van der Waals surface area contributed by atoms with Crippen molar-refractivity contribution < 1.29 is 4.79 Å². The molecule has 1 aliphatic rings. The van der Waals surface area contributed by atoms with E-state index in [9.17, 15) is 4.79 Å². The van der Waals surface area contributed by atoms with Crippen LogP contribution in [0.3, 0.4) is 0 Å². The van der Waals surface area contributed by atoms with Crippen LogP contribution in [0.2, 0.25) is 0 Å². The van der Waals surface area contributed by atoms with E-state index in [-0.39, 0.29) is 5.91 Å². The summed E-state index contributed by atoms with van der Waals surface area (Å²) in [7, 11) is 0. The van der Waals surface area contributed by atoms with Gasteiger partial charge in [0.1, 0.15) is 5.82 Å². The van der Waals surface area contributed by atoms with Crippen LogP contribution in [0, 0.1) is 13.8 Å². The fourth-order valence-electron chi connectivity index (χ4n) is 4.21. The second kappa shape index (κ2) is 7.14. The van der Waals surface area contributed by atoms with Crippen molar-refractivity contribution >= 4 is 16.8 Å². The molecule has 2 aromatic heterocycles. The topological polar surface area (TPSA) is 51.0 Å². The average molecular weight is 362 g/mol. The zero-order valence-corrected chi connectivity index (χ0v) is 16.3. The highest BCUT2D eigenvalue weighted by molar-refractivity contribution is 5.98. The lowest BCUT2D eigenvalue weighted by molar-refractivity contribution is 0.0703. The second-order valence-corrected chi connectivity index (χ2v) is 7.47. The molecule has 1 amide bonds. The van der Waals surface area contributed by atoms with E-state index in [1.807, 2.05) is 42.4 Å². The number of carbonyl (C=O) groups is 1. The maximum atomic E-state index is 13.2. The van der Waals surface area contributed by atoms with Crippen LogP contribution in [-0.2, 0) is 6.54 Å². The predicted octanol–water partition coefficient (Wildman–Crippen LogP) is 4.09. The molecule has 0 aliphatic carbocycles. The van der Waals surface area contributed by atoms with E-state index in [4.69, 9.17) is 0 Å². The number of hydrogen-bond donors (Lipinski definition) is 0. The molecule has 0 spiro atoms. The zero-order valence-electron chi connectivity index (χ0n) is 16.3. The van der Waals surface area contributed by atoms with E-state index in [1.165, 1.54) is 5.56 Å². The Hall–Kier alpha value is -2.69. The van der Waals surface area contributed by atoms with Crippen molar-refractivity contribution in [2.75, 3.05) is 13.1 Å². The highest BCUT2D eigenvalue weighted by Gasteiger charge is 2.28. The summed E-state index contributed by atoms with van der Waals surface area (Å²) in [5.74, 6) is 1.50. The lowest BCUT2D eigenvalue weighted by atomic mass is 9.96. The van der Waals surface area contributed by atoms with Gasteiger partial charge in [0.2, 0.25) is 0 Å². The normalized spacial score (nSPS) is 17.4. The fourth-order valence-corrected chi connectivity index (χ4v) is 4.21. The Morgan fingerprint density at radius 1 is 1.26 bits per heavy atom. The largest absolute Gasteiger partial charge is 0.338 e. The van der Waals surface area contributed by atoms with Crippen LogP contribution in [0.5, 0.6) is 0 Å². The molecule has 5 nitrogen and oxygen atoms in total. The summed E-state index contributed by atoms with van der Waals surface area (Å²) in [5.41, 5.74) is 3.79. The van der Waals surface area contributed by atoms with Crippen molar-refractivity contribution in [2.45, 2.75) is 46.1 Å². The Bertz CT molecular complexity index is 991. The highest BCUT2D eigenvalue weighted by atomic mass is 16.2. The van der Waals surface area contributed by atoms with Gasteiger partial charge in [-0.15, -0.1) is 0 Å². The summed E-state index contributed by atoms with van der Waals surface area (Å²) in [6.07, 6.45) is 5.98. The first-order valence-corrected chi connectivity index (χ1v) is 9.75. The summed E-state index contributed by atoms with van der Waals surface area (Å²) < 4.78 is 2.18. The van der Waals surface area contributed by atoms with Crippen LogP contribution in [0.15, 0.2) is 36.7 Å². The van der Waals surface area contributed by atoms with Gasteiger partial charge in [-0.05, 0) is 57.4 Å². The molecule has 0 saturated carbocycles. The molecule has 5 heteroatoms. The lowest BCUT2D eigenvalue weighted by Crippen LogP contribution is -2.39. The number of fused-ring (bicyclic) bond motifs is 1. The molecule has 3 heterocycles. The third-order valence-electron chi connectivity index (χ3n) is 5.55. The number of piperidine rings is 1. The van der Waals surface area contributed by atoms with E-state index in [1.54, 1.807) is 0 Å². The maximum Gasteiger partial charge on any atom is 0.253 e. The van der Waals surface area contributed by atoms with Gasteiger partial charge in [0.15, 0.2) is 0 Å². The van der Waals surface area contributed by atoms with Gasteiger partial charge < -0.3 is 9.47 Å². The molecular weight excluding hydrogens is 336 g/mol. The van der Waals surface area contributed by atoms with Crippen LogP contribution >= 0.6 is 0 Å². The molecule has 140 valence electrons. The number of nitrogens with zero attached hydrogens (tertiary/aromatic N) is 4. The van der Waals surface area contributed by atoms with E-state index in [0.717, 1.165) is 60.5 Å². The summed E-state index contributed by atoms with van der Waals surface area (Å²) in [5, 5.41) is 1.11. The SMILES string of the molecule is CCn1ccnc1[C@H]1CCCN(C(=O)c2ccc3c(C)cc(C)nc3c2)C1.